The van der Waals surface area contributed by atoms with Crippen LogP contribution in [0.4, 0.5) is 4.39 Å². The number of ether oxygens (including phenoxy) is 2. The molecule has 2 aromatic rings. The number of benzene rings is 2. The average molecular weight is 376 g/mol. The fourth-order valence-corrected chi connectivity index (χ4v) is 2.59. The first-order chi connectivity index (χ1) is 9.99. The summed E-state index contributed by atoms with van der Waals surface area (Å²) in [6, 6.07) is 7.66. The lowest BCUT2D eigenvalue weighted by Gasteiger charge is -2.17. The Morgan fingerprint density at radius 1 is 1.14 bits per heavy atom. The number of aliphatic hydroxyl groups is 1. The van der Waals surface area contributed by atoms with Gasteiger partial charge in [0.05, 0.1) is 19.2 Å². The van der Waals surface area contributed by atoms with Gasteiger partial charge in [-0.15, -0.1) is 0 Å². The Balaban J connectivity index is 2.53. The van der Waals surface area contributed by atoms with E-state index < -0.39 is 11.9 Å². The number of hydrogen-bond donors (Lipinski definition) is 1. The number of rotatable bonds is 4. The van der Waals surface area contributed by atoms with Crippen molar-refractivity contribution in [3.8, 4) is 11.5 Å². The molecule has 0 heterocycles. The Morgan fingerprint density at radius 2 is 1.76 bits per heavy atom. The summed E-state index contributed by atoms with van der Waals surface area (Å²) in [6.45, 7) is 0. The standard InChI is InChI=1S/C15H13BrClFO3/c1-20-12-6-9(11(18)7-13(12)21-2)15(19)8-4-3-5-10(16)14(8)17/h3-7,15,19H,1-2H3. The molecule has 1 N–H and O–H groups in total. The van der Waals surface area contributed by atoms with Gasteiger partial charge in [0.1, 0.15) is 11.9 Å². The van der Waals surface area contributed by atoms with E-state index in [2.05, 4.69) is 15.9 Å². The third kappa shape index (κ3) is 3.15. The molecule has 2 rings (SSSR count). The first-order valence-electron chi connectivity index (χ1n) is 6.03. The van der Waals surface area contributed by atoms with Crippen LogP contribution in [-0.4, -0.2) is 19.3 Å². The van der Waals surface area contributed by atoms with Crippen LogP contribution in [0.5, 0.6) is 11.5 Å². The molecule has 1 atom stereocenters. The summed E-state index contributed by atoms with van der Waals surface area (Å²) in [6.07, 6.45) is -1.21. The summed E-state index contributed by atoms with van der Waals surface area (Å²) in [5, 5.41) is 10.8. The van der Waals surface area contributed by atoms with Crippen LogP contribution in [-0.2, 0) is 0 Å². The van der Waals surface area contributed by atoms with E-state index in [0.717, 1.165) is 0 Å². The molecule has 6 heteroatoms. The molecule has 1 unspecified atom stereocenters. The van der Waals surface area contributed by atoms with Gasteiger partial charge in [-0.2, -0.15) is 0 Å². The van der Waals surface area contributed by atoms with Crippen LogP contribution in [0.1, 0.15) is 17.2 Å². The predicted octanol–water partition coefficient (Wildman–Crippen LogP) is 4.34. The molecule has 0 aromatic heterocycles. The molecule has 0 saturated heterocycles. The van der Waals surface area contributed by atoms with Crippen molar-refractivity contribution in [3.05, 3.63) is 56.8 Å². The van der Waals surface area contributed by atoms with Gasteiger partial charge in [0.25, 0.3) is 0 Å². The highest BCUT2D eigenvalue weighted by Crippen LogP contribution is 2.38. The third-order valence-corrected chi connectivity index (χ3v) is 4.38. The lowest BCUT2D eigenvalue weighted by Crippen LogP contribution is -2.05. The summed E-state index contributed by atoms with van der Waals surface area (Å²) in [7, 11) is 2.86. The highest BCUT2D eigenvalue weighted by Gasteiger charge is 2.21. The second kappa shape index (κ2) is 6.64. The number of halogens is 3. The van der Waals surface area contributed by atoms with E-state index in [4.69, 9.17) is 21.1 Å². The van der Waals surface area contributed by atoms with Crippen LogP contribution in [0, 0.1) is 5.82 Å². The summed E-state index contributed by atoms with van der Waals surface area (Å²) < 4.78 is 24.9. The maximum atomic E-state index is 14.2. The van der Waals surface area contributed by atoms with Gasteiger partial charge < -0.3 is 14.6 Å². The second-order valence-electron chi connectivity index (χ2n) is 4.27. The summed E-state index contributed by atoms with van der Waals surface area (Å²) in [4.78, 5) is 0. The quantitative estimate of drug-likeness (QED) is 0.864. The molecule has 0 spiro atoms. The molecule has 112 valence electrons. The van der Waals surface area contributed by atoms with Gasteiger partial charge in [0, 0.05) is 21.7 Å². The van der Waals surface area contributed by atoms with Gasteiger partial charge in [-0.05, 0) is 28.1 Å². The molecule has 0 aliphatic carbocycles. The van der Waals surface area contributed by atoms with Gasteiger partial charge in [0.15, 0.2) is 11.5 Å². The molecule has 3 nitrogen and oxygen atoms in total. The third-order valence-electron chi connectivity index (χ3n) is 3.07. The van der Waals surface area contributed by atoms with Crippen molar-refractivity contribution in [2.75, 3.05) is 14.2 Å². The van der Waals surface area contributed by atoms with Crippen LogP contribution in [0.2, 0.25) is 5.02 Å². The largest absolute Gasteiger partial charge is 0.493 e. The van der Waals surface area contributed by atoms with E-state index >= 15 is 0 Å². The lowest BCUT2D eigenvalue weighted by molar-refractivity contribution is 0.214. The fourth-order valence-electron chi connectivity index (χ4n) is 1.98. The molecule has 0 aliphatic rings. The topological polar surface area (TPSA) is 38.7 Å². The van der Waals surface area contributed by atoms with Crippen LogP contribution in [0.25, 0.3) is 0 Å². The van der Waals surface area contributed by atoms with Crippen molar-refractivity contribution in [2.45, 2.75) is 6.10 Å². The molecule has 0 radical (unpaired) electrons. The summed E-state index contributed by atoms with van der Waals surface area (Å²) >= 11 is 9.41. The van der Waals surface area contributed by atoms with E-state index in [1.807, 2.05) is 0 Å². The van der Waals surface area contributed by atoms with Crippen LogP contribution < -0.4 is 9.47 Å². The zero-order chi connectivity index (χ0) is 15.6. The van der Waals surface area contributed by atoms with E-state index in [1.165, 1.54) is 26.4 Å². The van der Waals surface area contributed by atoms with Crippen molar-refractivity contribution in [1.29, 1.82) is 0 Å². The molecular formula is C15H13BrClFO3. The smallest absolute Gasteiger partial charge is 0.163 e. The number of aliphatic hydroxyl groups excluding tert-OH is 1. The van der Waals surface area contributed by atoms with Gasteiger partial charge in [-0.3, -0.25) is 0 Å². The monoisotopic (exact) mass is 374 g/mol. The average Bonchev–Trinajstić information content (AvgIpc) is 2.49. The highest BCUT2D eigenvalue weighted by molar-refractivity contribution is 9.10. The van der Waals surface area contributed by atoms with Crippen LogP contribution >= 0.6 is 27.5 Å². The second-order valence-corrected chi connectivity index (χ2v) is 5.51. The van der Waals surface area contributed by atoms with Gasteiger partial charge >= 0.3 is 0 Å². The van der Waals surface area contributed by atoms with Crippen molar-refractivity contribution in [2.24, 2.45) is 0 Å². The van der Waals surface area contributed by atoms with Crippen molar-refractivity contribution in [1.82, 2.24) is 0 Å². The Labute approximate surface area is 135 Å². The molecule has 0 bridgehead atoms. The first kappa shape index (κ1) is 16.1. The normalized spacial score (nSPS) is 12.1. The van der Waals surface area contributed by atoms with Crippen molar-refractivity contribution in [3.63, 3.8) is 0 Å². The molecule has 21 heavy (non-hydrogen) atoms. The zero-order valence-electron chi connectivity index (χ0n) is 11.4. The van der Waals surface area contributed by atoms with Gasteiger partial charge in [0.2, 0.25) is 0 Å². The minimum atomic E-state index is -1.21. The minimum absolute atomic E-state index is 0.0626. The van der Waals surface area contributed by atoms with Gasteiger partial charge in [-0.25, -0.2) is 4.39 Å². The minimum Gasteiger partial charge on any atom is -0.493 e. The maximum Gasteiger partial charge on any atom is 0.163 e. The van der Waals surface area contributed by atoms with Crippen LogP contribution in [0.3, 0.4) is 0 Å². The Bertz CT molecular complexity index is 664. The zero-order valence-corrected chi connectivity index (χ0v) is 13.7. The van der Waals surface area contributed by atoms with E-state index in [9.17, 15) is 9.50 Å². The lowest BCUT2D eigenvalue weighted by atomic mass is 10.0. The Morgan fingerprint density at radius 3 is 2.38 bits per heavy atom. The Kier molecular flexibility index (Phi) is 5.08. The number of methoxy groups -OCH3 is 2. The van der Waals surface area contributed by atoms with E-state index in [0.29, 0.717) is 20.8 Å². The highest BCUT2D eigenvalue weighted by atomic mass is 79.9. The van der Waals surface area contributed by atoms with Crippen molar-refractivity contribution >= 4 is 27.5 Å². The maximum absolute atomic E-state index is 14.2. The Hall–Kier alpha value is -1.30. The van der Waals surface area contributed by atoms with E-state index in [1.54, 1.807) is 18.2 Å². The molecule has 0 aliphatic heterocycles. The van der Waals surface area contributed by atoms with Gasteiger partial charge in [-0.1, -0.05) is 23.7 Å². The molecular weight excluding hydrogens is 363 g/mol. The number of hydrogen-bond acceptors (Lipinski definition) is 3. The van der Waals surface area contributed by atoms with Crippen molar-refractivity contribution < 1.29 is 19.0 Å². The fraction of sp³-hybridized carbons (Fsp3) is 0.200. The SMILES string of the molecule is COc1cc(F)c(C(O)c2cccc(Br)c2Cl)cc1OC. The van der Waals surface area contributed by atoms with Crippen LogP contribution in [0.15, 0.2) is 34.8 Å². The van der Waals surface area contributed by atoms with E-state index in [-0.39, 0.29) is 11.3 Å². The molecule has 2 aromatic carbocycles. The molecule has 0 saturated carbocycles. The first-order valence-corrected chi connectivity index (χ1v) is 7.20. The molecule has 0 fully saturated rings. The predicted molar refractivity (Wildman–Crippen MR) is 82.7 cm³/mol. The summed E-state index contributed by atoms with van der Waals surface area (Å²) in [5.41, 5.74) is 0.463. The summed E-state index contributed by atoms with van der Waals surface area (Å²) in [5.74, 6) is -0.0125. The molecule has 0 amide bonds.